The summed E-state index contributed by atoms with van der Waals surface area (Å²) in [7, 11) is 1.79. The van der Waals surface area contributed by atoms with Crippen molar-refractivity contribution in [2.24, 2.45) is 16.8 Å². The topological polar surface area (TPSA) is 73.3 Å². The molecule has 0 bridgehead atoms. The standard InChI is InChI=1S/C23H37N3O4/c1-18-4-5-21(22(12-18)30-17-20-7-11-29-16-20)13-26-23(24-2)25-8-3-9-27-14-19-6-10-28-15-19/h4-5,12,19-20H,3,6-11,13-17H2,1-2H3,(H2,24,25,26). The Balaban J connectivity index is 1.36. The Morgan fingerprint density at radius 2 is 1.87 bits per heavy atom. The molecule has 0 aromatic heterocycles. The number of aryl methyl sites for hydroxylation is 1. The Labute approximate surface area is 180 Å². The maximum Gasteiger partial charge on any atom is 0.191 e. The molecule has 1 aromatic rings. The lowest BCUT2D eigenvalue weighted by atomic mass is 10.1. The number of rotatable bonds is 11. The van der Waals surface area contributed by atoms with E-state index >= 15 is 0 Å². The van der Waals surface area contributed by atoms with Crippen LogP contribution in [0.15, 0.2) is 23.2 Å². The second-order valence-electron chi connectivity index (χ2n) is 8.16. The van der Waals surface area contributed by atoms with Crippen LogP contribution in [0.3, 0.4) is 0 Å². The summed E-state index contributed by atoms with van der Waals surface area (Å²) in [4.78, 5) is 4.32. The number of aliphatic imine (C=N–C) groups is 1. The van der Waals surface area contributed by atoms with Crippen LogP contribution >= 0.6 is 0 Å². The molecule has 30 heavy (non-hydrogen) atoms. The van der Waals surface area contributed by atoms with Crippen molar-refractivity contribution in [2.75, 3.05) is 59.8 Å². The van der Waals surface area contributed by atoms with Gasteiger partial charge >= 0.3 is 0 Å². The predicted octanol–water partition coefficient (Wildman–Crippen LogP) is 2.52. The maximum atomic E-state index is 6.13. The minimum Gasteiger partial charge on any atom is -0.493 e. The normalized spacial score (nSPS) is 21.7. The van der Waals surface area contributed by atoms with Crippen molar-refractivity contribution in [3.8, 4) is 5.75 Å². The quantitative estimate of drug-likeness (QED) is 0.326. The average molecular weight is 420 g/mol. The SMILES string of the molecule is CN=C(NCCCOCC1CCOC1)NCc1ccc(C)cc1OCC1CCOC1. The Kier molecular flexibility index (Phi) is 9.73. The van der Waals surface area contributed by atoms with Gasteiger partial charge in [0.1, 0.15) is 5.75 Å². The van der Waals surface area contributed by atoms with Crippen molar-refractivity contribution in [2.45, 2.75) is 32.7 Å². The van der Waals surface area contributed by atoms with Crippen LogP contribution in [0.5, 0.6) is 5.75 Å². The molecule has 2 N–H and O–H groups in total. The lowest BCUT2D eigenvalue weighted by molar-refractivity contribution is 0.0888. The highest BCUT2D eigenvalue weighted by Crippen LogP contribution is 2.22. The molecule has 2 saturated heterocycles. The van der Waals surface area contributed by atoms with Gasteiger partial charge in [0.15, 0.2) is 5.96 Å². The van der Waals surface area contributed by atoms with E-state index < -0.39 is 0 Å². The van der Waals surface area contributed by atoms with Crippen LogP contribution in [0.1, 0.15) is 30.4 Å². The summed E-state index contributed by atoms with van der Waals surface area (Å²) >= 11 is 0. The lowest BCUT2D eigenvalue weighted by Crippen LogP contribution is -2.37. The first-order valence-electron chi connectivity index (χ1n) is 11.1. The molecule has 3 rings (SSSR count). The molecule has 2 aliphatic rings. The zero-order valence-corrected chi connectivity index (χ0v) is 18.5. The lowest BCUT2D eigenvalue weighted by Gasteiger charge is -2.17. The first-order chi connectivity index (χ1) is 14.7. The van der Waals surface area contributed by atoms with Gasteiger partial charge in [-0.15, -0.1) is 0 Å². The second-order valence-corrected chi connectivity index (χ2v) is 8.16. The van der Waals surface area contributed by atoms with Gasteiger partial charge in [-0.05, 0) is 37.8 Å². The minimum absolute atomic E-state index is 0.490. The van der Waals surface area contributed by atoms with E-state index in [0.29, 0.717) is 25.0 Å². The van der Waals surface area contributed by atoms with E-state index in [1.165, 1.54) is 5.56 Å². The fourth-order valence-electron chi connectivity index (χ4n) is 3.61. The van der Waals surface area contributed by atoms with Gasteiger partial charge in [0.05, 0.1) is 26.4 Å². The third-order valence-corrected chi connectivity index (χ3v) is 5.53. The van der Waals surface area contributed by atoms with Gasteiger partial charge in [0.25, 0.3) is 0 Å². The highest BCUT2D eigenvalue weighted by Gasteiger charge is 2.17. The Morgan fingerprint density at radius 3 is 2.57 bits per heavy atom. The van der Waals surface area contributed by atoms with Gasteiger partial charge < -0.3 is 29.6 Å². The third-order valence-electron chi connectivity index (χ3n) is 5.53. The van der Waals surface area contributed by atoms with Gasteiger partial charge in [0.2, 0.25) is 0 Å². The molecule has 2 unspecified atom stereocenters. The molecule has 168 valence electrons. The summed E-state index contributed by atoms with van der Waals surface area (Å²) in [6, 6.07) is 6.35. The molecule has 2 atom stereocenters. The summed E-state index contributed by atoms with van der Waals surface area (Å²) in [6.45, 7) is 9.19. The molecule has 0 spiro atoms. The maximum absolute atomic E-state index is 6.13. The average Bonchev–Trinajstić information content (AvgIpc) is 3.46. The first kappa shape index (κ1) is 22.8. The molecule has 2 heterocycles. The van der Waals surface area contributed by atoms with Crippen LogP contribution in [0.25, 0.3) is 0 Å². The highest BCUT2D eigenvalue weighted by atomic mass is 16.5. The van der Waals surface area contributed by atoms with E-state index in [-0.39, 0.29) is 0 Å². The molecule has 2 aliphatic heterocycles. The van der Waals surface area contributed by atoms with Crippen LogP contribution in [-0.2, 0) is 20.8 Å². The van der Waals surface area contributed by atoms with Crippen molar-refractivity contribution < 1.29 is 18.9 Å². The number of hydrogen-bond acceptors (Lipinski definition) is 5. The number of benzene rings is 1. The third kappa shape index (κ3) is 7.78. The molecular weight excluding hydrogens is 382 g/mol. The van der Waals surface area contributed by atoms with Crippen LogP contribution in [0.2, 0.25) is 0 Å². The molecule has 0 radical (unpaired) electrons. The minimum atomic E-state index is 0.490. The van der Waals surface area contributed by atoms with E-state index in [2.05, 4.69) is 40.7 Å². The largest absolute Gasteiger partial charge is 0.493 e. The van der Waals surface area contributed by atoms with Crippen molar-refractivity contribution in [3.05, 3.63) is 29.3 Å². The van der Waals surface area contributed by atoms with E-state index in [0.717, 1.165) is 82.7 Å². The molecular formula is C23H37N3O4. The molecule has 0 saturated carbocycles. The van der Waals surface area contributed by atoms with Crippen LogP contribution in [0, 0.1) is 18.8 Å². The summed E-state index contributed by atoms with van der Waals surface area (Å²) < 4.78 is 22.7. The zero-order valence-electron chi connectivity index (χ0n) is 18.5. The van der Waals surface area contributed by atoms with Gasteiger partial charge in [-0.25, -0.2) is 0 Å². The first-order valence-corrected chi connectivity index (χ1v) is 11.1. The summed E-state index contributed by atoms with van der Waals surface area (Å²) in [5.41, 5.74) is 2.33. The van der Waals surface area contributed by atoms with Crippen molar-refractivity contribution >= 4 is 5.96 Å². The van der Waals surface area contributed by atoms with Gasteiger partial charge in [-0.1, -0.05) is 12.1 Å². The Bertz CT molecular complexity index is 656. The Hall–Kier alpha value is -1.83. The molecule has 7 nitrogen and oxygen atoms in total. The van der Waals surface area contributed by atoms with E-state index in [1.807, 2.05) is 0 Å². The van der Waals surface area contributed by atoms with Crippen molar-refractivity contribution in [3.63, 3.8) is 0 Å². The fraction of sp³-hybridized carbons (Fsp3) is 0.696. The monoisotopic (exact) mass is 419 g/mol. The number of guanidine groups is 1. The van der Waals surface area contributed by atoms with Gasteiger partial charge in [0, 0.05) is 57.4 Å². The molecule has 0 aliphatic carbocycles. The zero-order chi connectivity index (χ0) is 21.0. The highest BCUT2D eigenvalue weighted by molar-refractivity contribution is 5.79. The van der Waals surface area contributed by atoms with Gasteiger partial charge in [-0.2, -0.15) is 0 Å². The van der Waals surface area contributed by atoms with Crippen molar-refractivity contribution in [1.29, 1.82) is 0 Å². The number of nitrogens with one attached hydrogen (secondary N) is 2. The molecule has 1 aromatic carbocycles. The Morgan fingerprint density at radius 1 is 1.10 bits per heavy atom. The van der Waals surface area contributed by atoms with Crippen LogP contribution < -0.4 is 15.4 Å². The summed E-state index contributed by atoms with van der Waals surface area (Å²) in [5.74, 6) is 2.78. The fourth-order valence-corrected chi connectivity index (χ4v) is 3.61. The van der Waals surface area contributed by atoms with Gasteiger partial charge in [-0.3, -0.25) is 4.99 Å². The van der Waals surface area contributed by atoms with Crippen LogP contribution in [0.4, 0.5) is 0 Å². The van der Waals surface area contributed by atoms with Crippen LogP contribution in [-0.4, -0.2) is 65.8 Å². The summed E-state index contributed by atoms with van der Waals surface area (Å²) in [5, 5.41) is 6.74. The number of nitrogens with zero attached hydrogens (tertiary/aromatic N) is 1. The van der Waals surface area contributed by atoms with Crippen molar-refractivity contribution in [1.82, 2.24) is 10.6 Å². The smallest absolute Gasteiger partial charge is 0.191 e. The second kappa shape index (κ2) is 12.8. The van der Waals surface area contributed by atoms with E-state index in [1.54, 1.807) is 7.05 Å². The molecule has 7 heteroatoms. The molecule has 2 fully saturated rings. The van der Waals surface area contributed by atoms with E-state index in [9.17, 15) is 0 Å². The predicted molar refractivity (Wildman–Crippen MR) is 118 cm³/mol. The number of ether oxygens (including phenoxy) is 4. The molecule has 0 amide bonds. The number of hydrogen-bond donors (Lipinski definition) is 2. The summed E-state index contributed by atoms with van der Waals surface area (Å²) in [6.07, 6.45) is 3.14. The van der Waals surface area contributed by atoms with E-state index in [4.69, 9.17) is 18.9 Å².